The van der Waals surface area contributed by atoms with E-state index >= 15 is 0 Å². The van der Waals surface area contributed by atoms with Gasteiger partial charge in [0.05, 0.1) is 25.6 Å². The van der Waals surface area contributed by atoms with Crippen molar-refractivity contribution >= 4 is 46.6 Å². The van der Waals surface area contributed by atoms with Gasteiger partial charge in [0.2, 0.25) is 0 Å². The molecule has 0 spiro atoms. The number of hydrogen-bond donors (Lipinski definition) is 0. The Morgan fingerprint density at radius 2 is 1.52 bits per heavy atom. The second-order valence-corrected chi connectivity index (χ2v) is 7.74. The summed E-state index contributed by atoms with van der Waals surface area (Å²) in [5, 5.41) is 1.13. The standard InChI is InChI=1S/C25H19Cl2NO3/c1-30-21-10-3-16(4-11-21)13-18-14-22(17-5-7-19(26)8-6-17)28(25(18)29)23-15-20(27)9-12-24(23)31-2/h3-15H,1-2H3/b18-13-. The van der Waals surface area contributed by atoms with Crippen LogP contribution in [0.4, 0.5) is 5.69 Å². The molecule has 0 atom stereocenters. The normalized spacial score (nSPS) is 14.7. The molecular formula is C25H19Cl2NO3. The second kappa shape index (κ2) is 8.88. The Morgan fingerprint density at radius 3 is 2.16 bits per heavy atom. The minimum atomic E-state index is -0.179. The van der Waals surface area contributed by atoms with Crippen LogP contribution in [0.5, 0.6) is 11.5 Å². The van der Waals surface area contributed by atoms with Gasteiger partial charge in [0, 0.05) is 15.6 Å². The lowest BCUT2D eigenvalue weighted by Crippen LogP contribution is -2.25. The molecule has 0 saturated carbocycles. The van der Waals surface area contributed by atoms with E-state index in [9.17, 15) is 4.79 Å². The van der Waals surface area contributed by atoms with Gasteiger partial charge >= 0.3 is 0 Å². The highest BCUT2D eigenvalue weighted by Gasteiger charge is 2.32. The number of rotatable bonds is 5. The molecule has 0 unspecified atom stereocenters. The number of methoxy groups -OCH3 is 2. The molecule has 31 heavy (non-hydrogen) atoms. The lowest BCUT2D eigenvalue weighted by molar-refractivity contribution is -0.113. The Kier molecular flexibility index (Phi) is 6.03. The summed E-state index contributed by atoms with van der Waals surface area (Å²) in [7, 11) is 3.18. The van der Waals surface area contributed by atoms with Crippen LogP contribution in [0.3, 0.4) is 0 Å². The molecule has 6 heteroatoms. The van der Waals surface area contributed by atoms with Gasteiger partial charge in [-0.05, 0) is 65.7 Å². The summed E-state index contributed by atoms with van der Waals surface area (Å²) >= 11 is 12.3. The van der Waals surface area contributed by atoms with Crippen LogP contribution in [0.25, 0.3) is 11.8 Å². The average molecular weight is 452 g/mol. The van der Waals surface area contributed by atoms with Gasteiger partial charge in [-0.25, -0.2) is 0 Å². The third kappa shape index (κ3) is 4.31. The van der Waals surface area contributed by atoms with Gasteiger partial charge in [-0.2, -0.15) is 0 Å². The summed E-state index contributed by atoms with van der Waals surface area (Å²) in [5.74, 6) is 1.12. The minimum absolute atomic E-state index is 0.179. The number of amides is 1. The van der Waals surface area contributed by atoms with Crippen molar-refractivity contribution in [3.63, 3.8) is 0 Å². The van der Waals surface area contributed by atoms with Crippen molar-refractivity contribution in [2.24, 2.45) is 0 Å². The number of hydrogen-bond acceptors (Lipinski definition) is 3. The number of ether oxygens (including phenoxy) is 2. The third-order valence-electron chi connectivity index (χ3n) is 4.94. The Balaban J connectivity index is 1.84. The first kappa shape index (κ1) is 21.0. The van der Waals surface area contributed by atoms with Gasteiger partial charge < -0.3 is 9.47 Å². The van der Waals surface area contributed by atoms with E-state index in [4.69, 9.17) is 32.7 Å². The molecule has 4 nitrogen and oxygen atoms in total. The second-order valence-electron chi connectivity index (χ2n) is 6.87. The highest BCUT2D eigenvalue weighted by molar-refractivity contribution is 6.32. The molecule has 3 aromatic rings. The van der Waals surface area contributed by atoms with Crippen LogP contribution in [-0.2, 0) is 4.79 Å². The van der Waals surface area contributed by atoms with Crippen molar-refractivity contribution in [3.05, 3.63) is 99.6 Å². The number of halogens is 2. The highest BCUT2D eigenvalue weighted by atomic mass is 35.5. The molecule has 0 saturated heterocycles. The minimum Gasteiger partial charge on any atom is -0.497 e. The molecule has 1 heterocycles. The van der Waals surface area contributed by atoms with Crippen LogP contribution in [0.2, 0.25) is 10.0 Å². The smallest absolute Gasteiger partial charge is 0.263 e. The first-order chi connectivity index (χ1) is 15.0. The molecule has 0 radical (unpaired) electrons. The summed E-state index contributed by atoms with van der Waals surface area (Å²) in [6.07, 6.45) is 3.70. The van der Waals surface area contributed by atoms with E-state index in [-0.39, 0.29) is 5.91 Å². The van der Waals surface area contributed by atoms with Gasteiger partial charge in [-0.1, -0.05) is 47.5 Å². The van der Waals surface area contributed by atoms with E-state index in [1.807, 2.05) is 48.6 Å². The van der Waals surface area contributed by atoms with Crippen LogP contribution in [0, 0.1) is 0 Å². The first-order valence-corrected chi connectivity index (χ1v) is 10.3. The number of nitrogens with zero attached hydrogens (tertiary/aromatic N) is 1. The average Bonchev–Trinajstić information content (AvgIpc) is 3.10. The van der Waals surface area contributed by atoms with Crippen molar-refractivity contribution < 1.29 is 14.3 Å². The maximum Gasteiger partial charge on any atom is 0.263 e. The number of carbonyl (C=O) groups excluding carboxylic acids is 1. The van der Waals surface area contributed by atoms with Crippen molar-refractivity contribution in [2.45, 2.75) is 0 Å². The third-order valence-corrected chi connectivity index (χ3v) is 5.43. The molecule has 0 aromatic heterocycles. The quantitative estimate of drug-likeness (QED) is 0.416. The Labute approximate surface area is 190 Å². The number of benzene rings is 3. The lowest BCUT2D eigenvalue weighted by Gasteiger charge is -2.23. The zero-order valence-corrected chi connectivity index (χ0v) is 18.4. The van der Waals surface area contributed by atoms with Crippen molar-refractivity contribution in [1.29, 1.82) is 0 Å². The maximum absolute atomic E-state index is 13.5. The van der Waals surface area contributed by atoms with Crippen LogP contribution in [0.15, 0.2) is 78.4 Å². The fourth-order valence-electron chi connectivity index (χ4n) is 3.41. The highest BCUT2D eigenvalue weighted by Crippen LogP contribution is 2.41. The largest absolute Gasteiger partial charge is 0.497 e. The molecule has 3 aromatic carbocycles. The zero-order chi connectivity index (χ0) is 22.0. The van der Waals surface area contributed by atoms with Crippen molar-refractivity contribution in [2.75, 3.05) is 19.1 Å². The summed E-state index contributed by atoms with van der Waals surface area (Å²) in [6.45, 7) is 0. The van der Waals surface area contributed by atoms with Crippen LogP contribution >= 0.6 is 23.2 Å². The Morgan fingerprint density at radius 1 is 0.839 bits per heavy atom. The summed E-state index contributed by atoms with van der Waals surface area (Å²) in [4.78, 5) is 15.1. The van der Waals surface area contributed by atoms with Crippen LogP contribution in [0.1, 0.15) is 11.1 Å². The van der Waals surface area contributed by atoms with E-state index in [0.717, 1.165) is 16.9 Å². The van der Waals surface area contributed by atoms with Gasteiger partial charge in [0.1, 0.15) is 11.5 Å². The molecule has 1 aliphatic heterocycles. The van der Waals surface area contributed by atoms with E-state index < -0.39 is 0 Å². The zero-order valence-electron chi connectivity index (χ0n) is 16.9. The fraction of sp³-hybridized carbons (Fsp3) is 0.0800. The van der Waals surface area contributed by atoms with Crippen molar-refractivity contribution in [3.8, 4) is 11.5 Å². The summed E-state index contributed by atoms with van der Waals surface area (Å²) in [6, 6.07) is 20.0. The molecule has 0 bridgehead atoms. The molecule has 0 fully saturated rings. The Hall–Kier alpha value is -3.21. The number of anilines is 1. The molecular weight excluding hydrogens is 433 g/mol. The number of carbonyl (C=O) groups is 1. The molecule has 4 rings (SSSR count). The topological polar surface area (TPSA) is 38.8 Å². The monoisotopic (exact) mass is 451 g/mol. The van der Waals surface area contributed by atoms with Crippen LogP contribution in [-0.4, -0.2) is 20.1 Å². The van der Waals surface area contributed by atoms with E-state index in [1.54, 1.807) is 49.5 Å². The summed E-state index contributed by atoms with van der Waals surface area (Å²) < 4.78 is 10.7. The Bertz CT molecular complexity index is 1180. The molecule has 1 amide bonds. The summed E-state index contributed by atoms with van der Waals surface area (Å²) in [5.41, 5.74) is 3.55. The predicted octanol–water partition coefficient (Wildman–Crippen LogP) is 6.48. The molecule has 1 aliphatic rings. The van der Waals surface area contributed by atoms with E-state index in [1.165, 1.54) is 0 Å². The maximum atomic E-state index is 13.5. The van der Waals surface area contributed by atoms with E-state index in [0.29, 0.717) is 32.8 Å². The van der Waals surface area contributed by atoms with Gasteiger partial charge in [0.25, 0.3) is 5.91 Å². The van der Waals surface area contributed by atoms with Gasteiger partial charge in [-0.3, -0.25) is 9.69 Å². The molecule has 0 aliphatic carbocycles. The van der Waals surface area contributed by atoms with E-state index in [2.05, 4.69) is 0 Å². The lowest BCUT2D eigenvalue weighted by atomic mass is 10.1. The fourth-order valence-corrected chi connectivity index (χ4v) is 3.70. The van der Waals surface area contributed by atoms with Crippen molar-refractivity contribution in [1.82, 2.24) is 0 Å². The SMILES string of the molecule is COc1ccc(/C=C2/C=C(c3ccc(Cl)cc3)N(c3cc(Cl)ccc3OC)C2=O)cc1. The molecule has 0 N–H and O–H groups in total. The predicted molar refractivity (Wildman–Crippen MR) is 126 cm³/mol. The van der Waals surface area contributed by atoms with Crippen LogP contribution < -0.4 is 14.4 Å². The first-order valence-electron chi connectivity index (χ1n) is 9.51. The van der Waals surface area contributed by atoms with Gasteiger partial charge in [-0.15, -0.1) is 0 Å². The molecule has 156 valence electrons. The van der Waals surface area contributed by atoms with Gasteiger partial charge in [0.15, 0.2) is 0 Å².